The number of hydrogen-bond acceptors (Lipinski definition) is 5. The summed E-state index contributed by atoms with van der Waals surface area (Å²) in [5.74, 6) is 0.817. The number of aryl methyl sites for hydroxylation is 1. The van der Waals surface area contributed by atoms with E-state index in [1.165, 1.54) is 0 Å². The summed E-state index contributed by atoms with van der Waals surface area (Å²) in [6.07, 6.45) is 0.850. The molecule has 0 spiro atoms. The molecule has 2 heterocycles. The van der Waals surface area contributed by atoms with Gasteiger partial charge in [0, 0.05) is 23.6 Å². The molecule has 4 nitrogen and oxygen atoms in total. The molecule has 0 radical (unpaired) electrons. The lowest BCUT2D eigenvalue weighted by Crippen LogP contribution is -2.33. The van der Waals surface area contributed by atoms with Crippen LogP contribution in [0, 0.1) is 6.92 Å². The third-order valence-corrected chi connectivity index (χ3v) is 8.22. The van der Waals surface area contributed by atoms with Gasteiger partial charge in [-0.15, -0.1) is 0 Å². The van der Waals surface area contributed by atoms with Crippen LogP contribution in [0.4, 0.5) is 0 Å². The quantitative estimate of drug-likeness (QED) is 0.830. The molecule has 19 heavy (non-hydrogen) atoms. The molecule has 0 saturated carbocycles. The molecular weight excluding hydrogens is 324 g/mol. The van der Waals surface area contributed by atoms with Gasteiger partial charge in [0.2, 0.25) is 0 Å². The van der Waals surface area contributed by atoms with Crippen LogP contribution in [0.25, 0.3) is 0 Å². The van der Waals surface area contributed by atoms with Crippen LogP contribution in [0.2, 0.25) is 4.47 Å². The molecular formula is C11H17ClN2O2S3. The van der Waals surface area contributed by atoms with Gasteiger partial charge in [-0.3, -0.25) is 0 Å². The second-order valence-electron chi connectivity index (χ2n) is 5.10. The van der Waals surface area contributed by atoms with Crippen LogP contribution in [0.1, 0.15) is 26.0 Å². The zero-order valence-electron chi connectivity index (χ0n) is 11.1. The molecule has 0 atom stereocenters. The summed E-state index contributed by atoms with van der Waals surface area (Å²) >= 11 is 8.67. The Bertz CT molecular complexity index is 568. The normalized spacial score (nSPS) is 21.3. The number of rotatable bonds is 2. The molecule has 2 rings (SSSR count). The fourth-order valence-corrected chi connectivity index (χ4v) is 6.48. The molecule has 108 valence electrons. The van der Waals surface area contributed by atoms with Gasteiger partial charge in [0.1, 0.15) is 0 Å². The number of hydrogen-bond donors (Lipinski definition) is 0. The summed E-state index contributed by atoms with van der Waals surface area (Å²) in [5, 5.41) is 0. The number of nitrogens with zero attached hydrogens (tertiary/aromatic N) is 2. The number of sulfonamides is 1. The highest BCUT2D eigenvalue weighted by Crippen LogP contribution is 2.34. The van der Waals surface area contributed by atoms with Crippen molar-refractivity contribution < 1.29 is 8.42 Å². The molecule has 1 aromatic rings. The van der Waals surface area contributed by atoms with Crippen molar-refractivity contribution in [3.63, 3.8) is 0 Å². The van der Waals surface area contributed by atoms with Crippen molar-refractivity contribution in [3.8, 4) is 0 Å². The van der Waals surface area contributed by atoms with E-state index >= 15 is 0 Å². The zero-order valence-corrected chi connectivity index (χ0v) is 14.3. The maximum Gasteiger partial charge on any atom is 0.254 e. The molecule has 0 amide bonds. The van der Waals surface area contributed by atoms with E-state index in [9.17, 15) is 8.42 Å². The average Bonchev–Trinajstić information content (AvgIpc) is 2.52. The Hall–Kier alpha value is 0.180. The molecule has 1 fully saturated rings. The second kappa shape index (κ2) is 5.52. The van der Waals surface area contributed by atoms with Crippen LogP contribution < -0.4 is 0 Å². The number of aromatic nitrogens is 1. The van der Waals surface area contributed by atoms with Crippen LogP contribution in [0.5, 0.6) is 0 Å². The first-order chi connectivity index (χ1) is 8.72. The highest BCUT2D eigenvalue weighted by molar-refractivity contribution is 8.00. The minimum absolute atomic E-state index is 0.130. The van der Waals surface area contributed by atoms with Crippen molar-refractivity contribution in [3.05, 3.63) is 10.2 Å². The molecule has 1 aliphatic rings. The highest BCUT2D eigenvalue weighted by Gasteiger charge is 2.33. The summed E-state index contributed by atoms with van der Waals surface area (Å²) in [6, 6.07) is 0. The first-order valence-corrected chi connectivity index (χ1v) is 9.61. The Balaban J connectivity index is 2.28. The van der Waals surface area contributed by atoms with Crippen molar-refractivity contribution >= 4 is 44.7 Å². The van der Waals surface area contributed by atoms with Crippen LogP contribution in [0.15, 0.2) is 4.21 Å². The predicted octanol–water partition coefficient (Wildman–Crippen LogP) is 3.01. The van der Waals surface area contributed by atoms with Gasteiger partial charge in [-0.25, -0.2) is 13.4 Å². The smallest absolute Gasteiger partial charge is 0.229 e. The molecule has 1 saturated heterocycles. The summed E-state index contributed by atoms with van der Waals surface area (Å²) in [7, 11) is -3.45. The lowest BCUT2D eigenvalue weighted by atomic mass is 10.1. The van der Waals surface area contributed by atoms with Crippen LogP contribution in [0.3, 0.4) is 0 Å². The first kappa shape index (κ1) is 15.6. The average molecular weight is 341 g/mol. The number of thiazole rings is 1. The summed E-state index contributed by atoms with van der Waals surface area (Å²) in [6.45, 7) is 7.10. The van der Waals surface area contributed by atoms with E-state index in [4.69, 9.17) is 11.6 Å². The molecule has 0 N–H and O–H groups in total. The SMILES string of the molecule is Cc1nc(Cl)sc1S(=O)(=O)N1CCSC(C)(C)CC1. The Kier molecular flexibility index (Phi) is 4.52. The lowest BCUT2D eigenvalue weighted by Gasteiger charge is -2.22. The van der Waals surface area contributed by atoms with Crippen molar-refractivity contribution in [2.24, 2.45) is 0 Å². The fourth-order valence-electron chi connectivity index (χ4n) is 1.95. The molecule has 0 aromatic carbocycles. The van der Waals surface area contributed by atoms with Gasteiger partial charge in [0.25, 0.3) is 10.0 Å². The van der Waals surface area contributed by atoms with Gasteiger partial charge in [0.05, 0.1) is 5.69 Å². The number of halogens is 1. The van der Waals surface area contributed by atoms with Crippen molar-refractivity contribution in [2.45, 2.75) is 36.1 Å². The monoisotopic (exact) mass is 340 g/mol. The van der Waals surface area contributed by atoms with Crippen molar-refractivity contribution in [1.82, 2.24) is 9.29 Å². The van der Waals surface area contributed by atoms with E-state index in [-0.39, 0.29) is 13.4 Å². The highest BCUT2D eigenvalue weighted by atomic mass is 35.5. The van der Waals surface area contributed by atoms with Gasteiger partial charge in [0.15, 0.2) is 8.68 Å². The summed E-state index contributed by atoms with van der Waals surface area (Å²) < 4.78 is 27.5. The van der Waals surface area contributed by atoms with Crippen LogP contribution in [-0.2, 0) is 10.0 Å². The number of thioether (sulfide) groups is 1. The maximum absolute atomic E-state index is 12.6. The summed E-state index contributed by atoms with van der Waals surface area (Å²) in [4.78, 5) is 4.00. The standard InChI is InChI=1S/C11H17ClN2O2S3/c1-8-9(18-10(12)13-8)19(15,16)14-5-4-11(2,3)17-7-6-14/h4-7H2,1-3H3. The minimum Gasteiger partial charge on any atom is -0.229 e. The van der Waals surface area contributed by atoms with E-state index in [0.717, 1.165) is 23.5 Å². The molecule has 0 unspecified atom stereocenters. The predicted molar refractivity (Wildman–Crippen MR) is 81.8 cm³/mol. The van der Waals surface area contributed by atoms with Crippen LogP contribution >= 0.6 is 34.7 Å². The minimum atomic E-state index is -3.45. The Morgan fingerprint density at radius 3 is 2.63 bits per heavy atom. The van der Waals surface area contributed by atoms with Crippen LogP contribution in [-0.4, -0.2) is 41.3 Å². The van der Waals surface area contributed by atoms with Crippen molar-refractivity contribution in [2.75, 3.05) is 18.8 Å². The molecule has 8 heteroatoms. The second-order valence-corrected chi connectivity index (χ2v) is 10.6. The lowest BCUT2D eigenvalue weighted by molar-refractivity contribution is 0.416. The molecule has 0 bridgehead atoms. The van der Waals surface area contributed by atoms with Gasteiger partial charge in [-0.05, 0) is 13.3 Å². The Morgan fingerprint density at radius 1 is 1.37 bits per heavy atom. The maximum atomic E-state index is 12.6. The van der Waals surface area contributed by atoms with Crippen molar-refractivity contribution in [1.29, 1.82) is 0 Å². The zero-order chi connectivity index (χ0) is 14.3. The van der Waals surface area contributed by atoms with E-state index in [0.29, 0.717) is 18.8 Å². The third-order valence-electron chi connectivity index (χ3n) is 3.10. The Labute approximate surface area is 127 Å². The van der Waals surface area contributed by atoms with Gasteiger partial charge in [-0.1, -0.05) is 36.8 Å². The van der Waals surface area contributed by atoms with E-state index in [2.05, 4.69) is 18.8 Å². The molecule has 1 aliphatic heterocycles. The summed E-state index contributed by atoms with van der Waals surface area (Å²) in [5.41, 5.74) is 0.492. The topological polar surface area (TPSA) is 50.3 Å². The van der Waals surface area contributed by atoms with E-state index in [1.807, 2.05) is 11.8 Å². The van der Waals surface area contributed by atoms with Gasteiger partial charge >= 0.3 is 0 Å². The molecule has 0 aliphatic carbocycles. The third kappa shape index (κ3) is 3.44. The fraction of sp³-hybridized carbons (Fsp3) is 0.727. The van der Waals surface area contributed by atoms with E-state index in [1.54, 1.807) is 11.2 Å². The first-order valence-electron chi connectivity index (χ1n) is 5.99. The van der Waals surface area contributed by atoms with Gasteiger partial charge in [-0.2, -0.15) is 16.1 Å². The van der Waals surface area contributed by atoms with E-state index < -0.39 is 10.0 Å². The van der Waals surface area contributed by atoms with Gasteiger partial charge < -0.3 is 0 Å². The molecule has 1 aromatic heterocycles. The largest absolute Gasteiger partial charge is 0.254 e. The Morgan fingerprint density at radius 2 is 2.05 bits per heavy atom.